The second kappa shape index (κ2) is 15.5. The zero-order chi connectivity index (χ0) is 40.5. The van der Waals surface area contributed by atoms with E-state index in [1.165, 1.54) is 22.3 Å². The fourth-order valence-electron chi connectivity index (χ4n) is 8.08. The SMILES string of the molecule is c1ccc(-c2ccc(-c3ccc(-c4nc(-c5ccc(-c6cccnc6)cc5)nc(-c5ccc6c(c5)oc5cccc(-c7ccc(-c8ccccc8)cc7)c56)n4)cc3)cc2)cc1. The third-order valence-corrected chi connectivity index (χ3v) is 11.3. The van der Waals surface area contributed by atoms with Crippen LogP contribution in [-0.4, -0.2) is 19.9 Å². The third kappa shape index (κ3) is 7.04. The molecule has 5 nitrogen and oxygen atoms in total. The first-order chi connectivity index (χ1) is 30.2. The highest BCUT2D eigenvalue weighted by Crippen LogP contribution is 2.39. The van der Waals surface area contributed by atoms with E-state index in [9.17, 15) is 0 Å². The summed E-state index contributed by atoms with van der Waals surface area (Å²) in [6.07, 6.45) is 3.65. The Bertz CT molecular complexity index is 3290. The Morgan fingerprint density at radius 3 is 1.23 bits per heavy atom. The van der Waals surface area contributed by atoms with Gasteiger partial charge in [-0.25, -0.2) is 15.0 Å². The molecule has 11 aromatic rings. The molecule has 5 heteroatoms. The predicted molar refractivity (Wildman–Crippen MR) is 248 cm³/mol. The van der Waals surface area contributed by atoms with E-state index < -0.39 is 0 Å². The van der Waals surface area contributed by atoms with Crippen molar-refractivity contribution in [2.24, 2.45) is 0 Å². The molecule has 3 aromatic heterocycles. The van der Waals surface area contributed by atoms with Crippen LogP contribution in [0.4, 0.5) is 0 Å². The van der Waals surface area contributed by atoms with E-state index in [1.54, 1.807) is 6.20 Å². The Morgan fingerprint density at radius 1 is 0.295 bits per heavy atom. The van der Waals surface area contributed by atoms with Gasteiger partial charge in [-0.2, -0.15) is 0 Å². The molecule has 0 bridgehead atoms. The highest BCUT2D eigenvalue weighted by atomic mass is 16.3. The van der Waals surface area contributed by atoms with Crippen molar-refractivity contribution in [3.8, 4) is 89.8 Å². The van der Waals surface area contributed by atoms with Crippen molar-refractivity contribution in [1.82, 2.24) is 19.9 Å². The van der Waals surface area contributed by atoms with Gasteiger partial charge in [0, 0.05) is 39.9 Å². The van der Waals surface area contributed by atoms with Gasteiger partial charge >= 0.3 is 0 Å². The highest BCUT2D eigenvalue weighted by Gasteiger charge is 2.17. The monoisotopic (exact) mass is 780 g/mol. The molecule has 0 N–H and O–H groups in total. The molecule has 0 amide bonds. The summed E-state index contributed by atoms with van der Waals surface area (Å²) in [5.41, 5.74) is 15.6. The molecule has 0 atom stereocenters. The number of rotatable bonds is 8. The number of fused-ring (bicyclic) bond motifs is 3. The molecule has 0 saturated heterocycles. The fraction of sp³-hybridized carbons (Fsp3) is 0. The topological polar surface area (TPSA) is 64.7 Å². The van der Waals surface area contributed by atoms with Crippen LogP contribution in [0.3, 0.4) is 0 Å². The van der Waals surface area contributed by atoms with Crippen LogP contribution in [0.1, 0.15) is 0 Å². The summed E-state index contributed by atoms with van der Waals surface area (Å²) in [6, 6.07) is 71.6. The van der Waals surface area contributed by atoms with Crippen molar-refractivity contribution >= 4 is 21.9 Å². The zero-order valence-corrected chi connectivity index (χ0v) is 33.0. The van der Waals surface area contributed by atoms with Crippen LogP contribution in [0.5, 0.6) is 0 Å². The molecule has 0 aliphatic carbocycles. The summed E-state index contributed by atoms with van der Waals surface area (Å²) in [5.74, 6) is 1.74. The minimum Gasteiger partial charge on any atom is -0.456 e. The molecule has 61 heavy (non-hydrogen) atoms. The standard InChI is InChI=1S/C56H36N4O/c1-3-9-37(10-4-1)39-16-18-41(19-17-39)42-22-28-45(29-23-42)54-58-55(46-30-24-43(25-31-46)48-13-8-34-57-36-48)60-56(59-54)47-32-33-50-52(35-47)61-51-15-7-14-49(53(50)51)44-26-20-40(21-27-44)38-11-5-2-6-12-38/h1-36H. The Morgan fingerprint density at radius 2 is 0.721 bits per heavy atom. The smallest absolute Gasteiger partial charge is 0.164 e. The predicted octanol–water partition coefficient (Wildman–Crippen LogP) is 14.5. The lowest BCUT2D eigenvalue weighted by atomic mass is 9.96. The van der Waals surface area contributed by atoms with Gasteiger partial charge in [0.2, 0.25) is 0 Å². The summed E-state index contributed by atoms with van der Waals surface area (Å²) < 4.78 is 6.57. The molecular formula is C56H36N4O. The Kier molecular flexibility index (Phi) is 9.10. The lowest BCUT2D eigenvalue weighted by molar-refractivity contribution is 0.669. The highest BCUT2D eigenvalue weighted by molar-refractivity contribution is 6.13. The average molecular weight is 781 g/mol. The Hall–Kier alpha value is -8.28. The molecule has 0 spiro atoms. The molecule has 11 rings (SSSR count). The molecular weight excluding hydrogens is 745 g/mol. The quantitative estimate of drug-likeness (QED) is 0.154. The molecule has 0 aliphatic heterocycles. The van der Waals surface area contributed by atoms with Gasteiger partial charge in [-0.05, 0) is 79.9 Å². The van der Waals surface area contributed by atoms with Gasteiger partial charge in [-0.3, -0.25) is 4.98 Å². The van der Waals surface area contributed by atoms with Gasteiger partial charge in [-0.15, -0.1) is 0 Å². The largest absolute Gasteiger partial charge is 0.456 e. The van der Waals surface area contributed by atoms with Crippen LogP contribution >= 0.6 is 0 Å². The number of nitrogens with zero attached hydrogens (tertiary/aromatic N) is 4. The van der Waals surface area contributed by atoms with Gasteiger partial charge in [0.15, 0.2) is 17.5 Å². The van der Waals surface area contributed by atoms with Crippen molar-refractivity contribution in [3.05, 3.63) is 219 Å². The third-order valence-electron chi connectivity index (χ3n) is 11.3. The van der Waals surface area contributed by atoms with Crippen LogP contribution < -0.4 is 0 Å². The molecule has 3 heterocycles. The fourth-order valence-corrected chi connectivity index (χ4v) is 8.08. The number of furan rings is 1. The first kappa shape index (κ1) is 35.8. The molecule has 0 radical (unpaired) electrons. The number of hydrogen-bond donors (Lipinski definition) is 0. The van der Waals surface area contributed by atoms with Crippen LogP contribution in [0.25, 0.3) is 112 Å². The lowest BCUT2D eigenvalue weighted by Gasteiger charge is -2.10. The number of pyridine rings is 1. The van der Waals surface area contributed by atoms with E-state index in [-0.39, 0.29) is 0 Å². The average Bonchev–Trinajstić information content (AvgIpc) is 3.73. The molecule has 0 aliphatic rings. The number of benzene rings is 8. The van der Waals surface area contributed by atoms with E-state index in [4.69, 9.17) is 19.4 Å². The summed E-state index contributed by atoms with van der Waals surface area (Å²) in [7, 11) is 0. The molecule has 8 aromatic carbocycles. The Balaban J connectivity index is 0.967. The summed E-state index contributed by atoms with van der Waals surface area (Å²) in [4.78, 5) is 19.5. The first-order valence-corrected chi connectivity index (χ1v) is 20.3. The second-order valence-corrected chi connectivity index (χ2v) is 15.1. The van der Waals surface area contributed by atoms with Crippen LogP contribution in [0, 0.1) is 0 Å². The molecule has 286 valence electrons. The second-order valence-electron chi connectivity index (χ2n) is 15.1. The minimum absolute atomic E-state index is 0.566. The normalized spacial score (nSPS) is 11.3. The summed E-state index contributed by atoms with van der Waals surface area (Å²) in [6.45, 7) is 0. The van der Waals surface area contributed by atoms with E-state index in [2.05, 4.69) is 181 Å². The van der Waals surface area contributed by atoms with Gasteiger partial charge in [0.05, 0.1) is 0 Å². The van der Waals surface area contributed by atoms with Crippen molar-refractivity contribution in [1.29, 1.82) is 0 Å². The number of hydrogen-bond acceptors (Lipinski definition) is 5. The van der Waals surface area contributed by atoms with Crippen molar-refractivity contribution in [3.63, 3.8) is 0 Å². The van der Waals surface area contributed by atoms with Gasteiger partial charge in [0.1, 0.15) is 11.2 Å². The van der Waals surface area contributed by atoms with Gasteiger partial charge < -0.3 is 4.42 Å². The maximum Gasteiger partial charge on any atom is 0.164 e. The van der Waals surface area contributed by atoms with Crippen LogP contribution in [-0.2, 0) is 0 Å². The van der Waals surface area contributed by atoms with E-state index in [0.29, 0.717) is 17.5 Å². The lowest BCUT2D eigenvalue weighted by Crippen LogP contribution is -2.00. The van der Waals surface area contributed by atoms with Gasteiger partial charge in [-0.1, -0.05) is 182 Å². The maximum absolute atomic E-state index is 6.57. The van der Waals surface area contributed by atoms with Crippen LogP contribution in [0.2, 0.25) is 0 Å². The van der Waals surface area contributed by atoms with E-state index >= 15 is 0 Å². The maximum atomic E-state index is 6.57. The number of aromatic nitrogens is 4. The van der Waals surface area contributed by atoms with Crippen molar-refractivity contribution < 1.29 is 4.42 Å². The van der Waals surface area contributed by atoms with Crippen molar-refractivity contribution in [2.75, 3.05) is 0 Å². The first-order valence-electron chi connectivity index (χ1n) is 20.3. The van der Waals surface area contributed by atoms with E-state index in [1.807, 2.05) is 36.5 Å². The van der Waals surface area contributed by atoms with E-state index in [0.717, 1.165) is 72.0 Å². The van der Waals surface area contributed by atoms with Gasteiger partial charge in [0.25, 0.3) is 0 Å². The molecule has 0 saturated carbocycles. The van der Waals surface area contributed by atoms with Crippen molar-refractivity contribution in [2.45, 2.75) is 0 Å². The van der Waals surface area contributed by atoms with Crippen LogP contribution in [0.15, 0.2) is 223 Å². The minimum atomic E-state index is 0.566. The zero-order valence-electron chi connectivity index (χ0n) is 33.0. The molecule has 0 unspecified atom stereocenters. The Labute approximate surface area is 353 Å². The molecule has 0 fully saturated rings. The summed E-state index contributed by atoms with van der Waals surface area (Å²) in [5, 5.41) is 2.12. The summed E-state index contributed by atoms with van der Waals surface area (Å²) >= 11 is 0.